The number of rotatable bonds is 4. The summed E-state index contributed by atoms with van der Waals surface area (Å²) in [4.78, 5) is 10.2. The van der Waals surface area contributed by atoms with Crippen LogP contribution in [0.4, 0.5) is 18.9 Å². The second-order valence-corrected chi connectivity index (χ2v) is 5.78. The first-order chi connectivity index (χ1) is 10.2. The van der Waals surface area contributed by atoms with Crippen LogP contribution in [-0.2, 0) is 13.2 Å². The number of hydrogen-bond donors (Lipinski definition) is 0. The monoisotopic (exact) mass is 332 g/mol. The van der Waals surface area contributed by atoms with E-state index in [0.29, 0.717) is 5.56 Å². The normalized spacial score (nSPS) is 13.1. The molecule has 0 unspecified atom stereocenters. The molecule has 0 aliphatic rings. The van der Waals surface area contributed by atoms with Crippen molar-refractivity contribution in [2.24, 2.45) is 7.05 Å². The largest absolute Gasteiger partial charge is 0.451 e. The van der Waals surface area contributed by atoms with Crippen molar-refractivity contribution in [3.05, 3.63) is 45.8 Å². The first-order valence-electron chi connectivity index (χ1n) is 6.07. The zero-order chi connectivity index (χ0) is 16.5. The Morgan fingerprint density at radius 3 is 2.59 bits per heavy atom. The summed E-state index contributed by atoms with van der Waals surface area (Å²) in [5.41, 5.74) is 0.551. The molecule has 0 aliphatic heterocycles. The van der Waals surface area contributed by atoms with Gasteiger partial charge in [0.15, 0.2) is 5.16 Å². The van der Waals surface area contributed by atoms with Crippen molar-refractivity contribution in [2.75, 3.05) is 0 Å². The van der Waals surface area contributed by atoms with Crippen LogP contribution in [-0.4, -0.2) is 19.7 Å². The Balaban J connectivity index is 2.23. The van der Waals surface area contributed by atoms with E-state index in [0.717, 1.165) is 16.3 Å². The third-order valence-corrected chi connectivity index (χ3v) is 4.11. The van der Waals surface area contributed by atoms with Crippen molar-refractivity contribution < 1.29 is 18.1 Å². The Hall–Kier alpha value is -2.10. The highest BCUT2D eigenvalue weighted by Gasteiger charge is 2.37. The van der Waals surface area contributed by atoms with Gasteiger partial charge in [-0.05, 0) is 12.5 Å². The van der Waals surface area contributed by atoms with Gasteiger partial charge < -0.3 is 4.57 Å². The van der Waals surface area contributed by atoms with Gasteiger partial charge in [0.25, 0.3) is 5.69 Å². The van der Waals surface area contributed by atoms with Crippen LogP contribution in [0.5, 0.6) is 0 Å². The van der Waals surface area contributed by atoms with Crippen LogP contribution in [0.3, 0.4) is 0 Å². The Kier molecular flexibility index (Phi) is 4.40. The number of hydrogen-bond acceptors (Lipinski definition) is 5. The molecule has 2 rings (SSSR count). The Morgan fingerprint density at radius 1 is 1.36 bits per heavy atom. The fraction of sp³-hybridized carbons (Fsp3) is 0.333. The molecular formula is C12H11F3N4O2S. The second-order valence-electron chi connectivity index (χ2n) is 4.48. The summed E-state index contributed by atoms with van der Waals surface area (Å²) in [6, 6.07) is 5.94. The predicted octanol–water partition coefficient (Wildman–Crippen LogP) is 3.60. The van der Waals surface area contributed by atoms with Gasteiger partial charge in [0.1, 0.15) is 0 Å². The van der Waals surface area contributed by atoms with Crippen LogP contribution in [0.15, 0.2) is 29.4 Å². The minimum absolute atomic E-state index is 0.0705. The molecule has 0 bridgehead atoms. The molecule has 0 aliphatic carbocycles. The molecule has 22 heavy (non-hydrogen) atoms. The van der Waals surface area contributed by atoms with Gasteiger partial charge in [-0.3, -0.25) is 10.1 Å². The number of nitro groups is 1. The summed E-state index contributed by atoms with van der Waals surface area (Å²) >= 11 is 1.05. The van der Waals surface area contributed by atoms with E-state index in [1.165, 1.54) is 25.2 Å². The molecule has 118 valence electrons. The maximum absolute atomic E-state index is 12.7. The topological polar surface area (TPSA) is 73.8 Å². The van der Waals surface area contributed by atoms with Gasteiger partial charge in [-0.25, -0.2) is 0 Å². The Bertz CT molecular complexity index is 702. The standard InChI is InChI=1S/C12H11F3N4O2S/c1-7(8-4-3-5-9(6-8)19(20)21)22-11-17-16-10(18(11)2)12(13,14)15/h3-7H,1-2H3/t7-/m0/s1. The van der Waals surface area contributed by atoms with E-state index in [1.54, 1.807) is 13.0 Å². The number of nitrogens with zero attached hydrogens (tertiary/aromatic N) is 4. The maximum Gasteiger partial charge on any atom is 0.451 e. The summed E-state index contributed by atoms with van der Waals surface area (Å²) in [5, 5.41) is 17.2. The molecule has 6 nitrogen and oxygen atoms in total. The molecule has 1 heterocycles. The minimum Gasteiger partial charge on any atom is -0.302 e. The number of halogens is 3. The van der Waals surface area contributed by atoms with E-state index in [9.17, 15) is 23.3 Å². The summed E-state index contributed by atoms with van der Waals surface area (Å²) in [6.45, 7) is 1.73. The van der Waals surface area contributed by atoms with Gasteiger partial charge in [0, 0.05) is 24.4 Å². The summed E-state index contributed by atoms with van der Waals surface area (Å²) in [7, 11) is 1.23. The average Bonchev–Trinajstić information content (AvgIpc) is 2.80. The maximum atomic E-state index is 12.7. The van der Waals surface area contributed by atoms with Crippen molar-refractivity contribution in [3.8, 4) is 0 Å². The van der Waals surface area contributed by atoms with E-state index < -0.39 is 16.9 Å². The summed E-state index contributed by atoms with van der Waals surface area (Å²) in [6.07, 6.45) is -4.57. The minimum atomic E-state index is -4.57. The predicted molar refractivity (Wildman–Crippen MR) is 73.4 cm³/mol. The molecular weight excluding hydrogens is 321 g/mol. The van der Waals surface area contributed by atoms with Gasteiger partial charge >= 0.3 is 6.18 Å². The average molecular weight is 332 g/mol. The molecule has 0 radical (unpaired) electrons. The van der Waals surface area contributed by atoms with Crippen LogP contribution in [0, 0.1) is 10.1 Å². The van der Waals surface area contributed by atoms with E-state index >= 15 is 0 Å². The van der Waals surface area contributed by atoms with Crippen molar-refractivity contribution in [1.29, 1.82) is 0 Å². The summed E-state index contributed by atoms with van der Waals surface area (Å²) < 4.78 is 38.8. The van der Waals surface area contributed by atoms with Gasteiger partial charge in [-0.2, -0.15) is 13.2 Å². The highest BCUT2D eigenvalue weighted by molar-refractivity contribution is 7.99. The van der Waals surface area contributed by atoms with Crippen molar-refractivity contribution in [3.63, 3.8) is 0 Å². The summed E-state index contributed by atoms with van der Waals surface area (Å²) in [5.74, 6) is -1.08. The molecule has 1 aromatic carbocycles. The van der Waals surface area contributed by atoms with Crippen LogP contribution in [0.25, 0.3) is 0 Å². The molecule has 0 fully saturated rings. The highest BCUT2D eigenvalue weighted by Crippen LogP contribution is 2.36. The van der Waals surface area contributed by atoms with E-state index in [4.69, 9.17) is 0 Å². The van der Waals surface area contributed by atoms with Gasteiger partial charge in [-0.1, -0.05) is 23.9 Å². The molecule has 10 heteroatoms. The fourth-order valence-electron chi connectivity index (χ4n) is 1.78. The van der Waals surface area contributed by atoms with Crippen molar-refractivity contribution >= 4 is 17.4 Å². The molecule has 0 spiro atoms. The second kappa shape index (κ2) is 5.95. The lowest BCUT2D eigenvalue weighted by Crippen LogP contribution is -2.13. The number of alkyl halides is 3. The van der Waals surface area contributed by atoms with E-state index in [2.05, 4.69) is 10.2 Å². The smallest absolute Gasteiger partial charge is 0.302 e. The van der Waals surface area contributed by atoms with Gasteiger partial charge in [0.2, 0.25) is 5.82 Å². The fourth-order valence-corrected chi connectivity index (χ4v) is 2.71. The Labute approximate surface area is 127 Å². The SMILES string of the molecule is C[C@H](Sc1nnc(C(F)(F)F)n1C)c1cccc([N+](=O)[O-])c1. The molecule has 0 saturated carbocycles. The highest BCUT2D eigenvalue weighted by atomic mass is 32.2. The molecule has 0 saturated heterocycles. The lowest BCUT2D eigenvalue weighted by molar-refractivity contribution is -0.384. The number of non-ortho nitro benzene ring substituents is 1. The molecule has 2 aromatic rings. The lowest BCUT2D eigenvalue weighted by atomic mass is 10.1. The molecule has 1 aromatic heterocycles. The molecule has 0 amide bonds. The third-order valence-electron chi connectivity index (χ3n) is 2.92. The van der Waals surface area contributed by atoms with Gasteiger partial charge in [0.05, 0.1) is 4.92 Å². The zero-order valence-electron chi connectivity index (χ0n) is 11.5. The lowest BCUT2D eigenvalue weighted by Gasteiger charge is -2.11. The van der Waals surface area contributed by atoms with E-state index in [-0.39, 0.29) is 16.1 Å². The van der Waals surface area contributed by atoms with Gasteiger partial charge in [-0.15, -0.1) is 10.2 Å². The first-order valence-corrected chi connectivity index (χ1v) is 6.95. The molecule has 0 N–H and O–H groups in total. The number of aromatic nitrogens is 3. The molecule has 1 atom stereocenters. The van der Waals surface area contributed by atoms with Crippen molar-refractivity contribution in [2.45, 2.75) is 23.5 Å². The van der Waals surface area contributed by atoms with Crippen LogP contribution in [0.2, 0.25) is 0 Å². The number of thioether (sulfide) groups is 1. The van der Waals surface area contributed by atoms with Crippen LogP contribution < -0.4 is 0 Å². The van der Waals surface area contributed by atoms with E-state index in [1.807, 2.05) is 0 Å². The number of benzene rings is 1. The third kappa shape index (κ3) is 3.38. The Morgan fingerprint density at radius 2 is 2.05 bits per heavy atom. The van der Waals surface area contributed by atoms with Crippen LogP contribution in [0.1, 0.15) is 23.6 Å². The van der Waals surface area contributed by atoms with Crippen molar-refractivity contribution in [1.82, 2.24) is 14.8 Å². The zero-order valence-corrected chi connectivity index (χ0v) is 12.4. The quantitative estimate of drug-likeness (QED) is 0.486. The first kappa shape index (κ1) is 16.3. The van der Waals surface area contributed by atoms with Crippen LogP contribution >= 0.6 is 11.8 Å². The number of nitro benzene ring substituents is 1.